The van der Waals surface area contributed by atoms with Crippen molar-refractivity contribution in [2.45, 2.75) is 24.7 Å². The first-order chi connectivity index (χ1) is 11.4. The fraction of sp³-hybridized carbons (Fsp3) is 0.455. The van der Waals surface area contributed by atoms with Crippen LogP contribution in [0.5, 0.6) is 0 Å². The van der Waals surface area contributed by atoms with Crippen molar-refractivity contribution in [1.29, 1.82) is 0 Å². The molecule has 0 amide bonds. The second-order valence-electron chi connectivity index (χ2n) is 4.95. The van der Waals surface area contributed by atoms with Crippen molar-refractivity contribution < 1.29 is 34.5 Å². The van der Waals surface area contributed by atoms with E-state index in [1.165, 1.54) is 16.8 Å². The first kappa shape index (κ1) is 17.2. The zero-order valence-electron chi connectivity index (χ0n) is 12.0. The van der Waals surface area contributed by atoms with E-state index in [-0.39, 0.29) is 17.0 Å². The predicted octanol–water partition coefficient (Wildman–Crippen LogP) is -1.91. The molecule has 0 bridgehead atoms. The van der Waals surface area contributed by atoms with Gasteiger partial charge in [0.1, 0.15) is 18.6 Å². The first-order valence-corrected chi connectivity index (χ1v) is 8.10. The van der Waals surface area contributed by atoms with Gasteiger partial charge in [0.05, 0.1) is 5.39 Å². The first-order valence-electron chi connectivity index (χ1n) is 6.71. The number of fused-ring (bicyclic) bond motifs is 1. The van der Waals surface area contributed by atoms with E-state index in [1.54, 1.807) is 0 Å². The van der Waals surface area contributed by atoms with Crippen LogP contribution in [0.15, 0.2) is 17.1 Å². The molecular weight excluding hydrogens is 347 g/mol. The normalized spacial score (nSPS) is 28.5. The van der Waals surface area contributed by atoms with Gasteiger partial charge in [0, 0.05) is 6.20 Å². The highest BCUT2D eigenvalue weighted by Gasteiger charge is 2.46. The Kier molecular flexibility index (Phi) is 4.80. The Labute approximate surface area is 134 Å². The van der Waals surface area contributed by atoms with Gasteiger partial charge in [-0.15, -0.1) is 0 Å². The maximum absolute atomic E-state index is 11.8. The van der Waals surface area contributed by atoms with Gasteiger partial charge in [0.25, 0.3) is 5.56 Å². The molecule has 132 valence electrons. The number of aliphatic hydroxyl groups excluding tert-OH is 3. The van der Waals surface area contributed by atoms with Crippen LogP contribution < -0.4 is 11.3 Å². The highest BCUT2D eigenvalue weighted by molar-refractivity contribution is 7.45. The Bertz CT molecular complexity index is 781. The molecule has 0 aromatic carbocycles. The summed E-state index contributed by atoms with van der Waals surface area (Å²) in [6.07, 6.45) is -4.74. The molecule has 0 radical (unpaired) electrons. The van der Waals surface area contributed by atoms with Gasteiger partial charge in [-0.25, -0.2) is 0 Å². The summed E-state index contributed by atoms with van der Waals surface area (Å²) >= 11 is 0. The number of hydrogen-bond donors (Lipinski definition) is 6. The molecule has 0 spiro atoms. The van der Waals surface area contributed by atoms with Gasteiger partial charge >= 0.3 is 0 Å². The summed E-state index contributed by atoms with van der Waals surface area (Å²) in [5.74, 6) is -0.120. The SMILES string of the molecule is Nc1nc2c(ccn2[C@@H]2O[C@H](OOP(O)CO)[C@H](O)C2O)c(=O)[nH]1. The number of aromatic nitrogens is 3. The molecule has 5 atom stereocenters. The van der Waals surface area contributed by atoms with E-state index in [9.17, 15) is 15.0 Å². The third kappa shape index (κ3) is 3.01. The molecule has 1 aliphatic heterocycles. The van der Waals surface area contributed by atoms with Gasteiger partial charge in [-0.1, -0.05) is 0 Å². The average Bonchev–Trinajstić information content (AvgIpc) is 3.08. The molecule has 13 heteroatoms. The zero-order valence-corrected chi connectivity index (χ0v) is 12.9. The van der Waals surface area contributed by atoms with Crippen molar-refractivity contribution >= 4 is 25.4 Å². The molecule has 24 heavy (non-hydrogen) atoms. The van der Waals surface area contributed by atoms with E-state index < -0.39 is 45.0 Å². The Morgan fingerprint density at radius 1 is 1.46 bits per heavy atom. The molecule has 2 aromatic rings. The number of hydrogen-bond acceptors (Lipinski definition) is 10. The van der Waals surface area contributed by atoms with Crippen molar-refractivity contribution in [2.75, 3.05) is 12.1 Å². The third-order valence-corrected chi connectivity index (χ3v) is 3.91. The fourth-order valence-electron chi connectivity index (χ4n) is 2.32. The van der Waals surface area contributed by atoms with Gasteiger partial charge in [0.15, 0.2) is 11.9 Å². The molecule has 1 fully saturated rings. The van der Waals surface area contributed by atoms with E-state index in [0.29, 0.717) is 0 Å². The number of nitrogens with two attached hydrogens (primary N) is 1. The summed E-state index contributed by atoms with van der Waals surface area (Å²) in [5, 5.41) is 29.0. The molecular formula is C11H15N4O8P. The lowest BCUT2D eigenvalue weighted by molar-refractivity contribution is -0.332. The molecule has 1 aliphatic rings. The van der Waals surface area contributed by atoms with Crippen molar-refractivity contribution in [3.63, 3.8) is 0 Å². The second kappa shape index (κ2) is 6.70. The number of aromatic amines is 1. The minimum atomic E-state index is -2.24. The van der Waals surface area contributed by atoms with Crippen LogP contribution in [0.1, 0.15) is 6.23 Å². The Balaban J connectivity index is 1.86. The molecule has 0 aliphatic carbocycles. The molecule has 3 rings (SSSR count). The quantitative estimate of drug-likeness (QED) is 0.199. The highest BCUT2D eigenvalue weighted by Crippen LogP contribution is 2.36. The van der Waals surface area contributed by atoms with Crippen LogP contribution in [-0.4, -0.2) is 59.6 Å². The van der Waals surface area contributed by atoms with Crippen LogP contribution in [0.4, 0.5) is 5.95 Å². The predicted molar refractivity (Wildman–Crippen MR) is 79.1 cm³/mol. The number of H-pyrrole nitrogens is 1. The third-order valence-electron chi connectivity index (χ3n) is 3.41. The van der Waals surface area contributed by atoms with Crippen molar-refractivity contribution in [2.24, 2.45) is 0 Å². The number of nitrogens with zero attached hydrogens (tertiary/aromatic N) is 2. The van der Waals surface area contributed by atoms with E-state index in [1.807, 2.05) is 0 Å². The van der Waals surface area contributed by atoms with Gasteiger partial charge in [-0.2, -0.15) is 14.5 Å². The van der Waals surface area contributed by atoms with Crippen LogP contribution in [-0.2, 0) is 14.3 Å². The summed E-state index contributed by atoms with van der Waals surface area (Å²) in [4.78, 5) is 31.9. The number of rotatable bonds is 5. The van der Waals surface area contributed by atoms with Gasteiger partial charge < -0.3 is 35.3 Å². The Morgan fingerprint density at radius 2 is 2.21 bits per heavy atom. The summed E-state index contributed by atoms with van der Waals surface area (Å²) < 4.78 is 11.1. The fourth-order valence-corrected chi connectivity index (χ4v) is 2.55. The number of nitrogens with one attached hydrogen (secondary N) is 1. The van der Waals surface area contributed by atoms with Crippen molar-refractivity contribution in [3.8, 4) is 0 Å². The second-order valence-corrected chi connectivity index (χ2v) is 6.09. The standard InChI is InChI=1S/C11H15N4O8P/c12-11-13-7-4(8(19)14-11)1-2-15(7)9-5(17)6(18)10(21-9)22-23-24(20)3-16/h1-2,5-6,9-10,16-18,20H,3H2,(H3,12,13,14,19)/t5?,6-,9-,10-,24?/m1/s1. The van der Waals surface area contributed by atoms with Crippen LogP contribution in [0.25, 0.3) is 11.0 Å². The summed E-state index contributed by atoms with van der Waals surface area (Å²) in [6.45, 7) is 0. The Hall–Kier alpha value is -1.63. The van der Waals surface area contributed by atoms with Gasteiger partial charge in [-0.3, -0.25) is 9.78 Å². The minimum absolute atomic E-state index is 0.120. The zero-order chi connectivity index (χ0) is 17.4. The Morgan fingerprint density at radius 3 is 2.92 bits per heavy atom. The maximum atomic E-state index is 11.8. The van der Waals surface area contributed by atoms with Crippen LogP contribution >= 0.6 is 8.38 Å². The van der Waals surface area contributed by atoms with E-state index in [0.717, 1.165) is 0 Å². The summed E-state index contributed by atoms with van der Waals surface area (Å²) in [5.41, 5.74) is 5.19. The molecule has 2 unspecified atom stereocenters. The average molecular weight is 362 g/mol. The van der Waals surface area contributed by atoms with Gasteiger partial charge in [0.2, 0.25) is 20.6 Å². The van der Waals surface area contributed by atoms with Gasteiger partial charge in [-0.05, 0) is 6.07 Å². The molecule has 12 nitrogen and oxygen atoms in total. The lowest BCUT2D eigenvalue weighted by Crippen LogP contribution is -2.32. The molecule has 3 heterocycles. The summed E-state index contributed by atoms with van der Waals surface area (Å²) in [6, 6.07) is 1.45. The minimum Gasteiger partial charge on any atom is -0.387 e. The molecule has 7 N–H and O–H groups in total. The highest BCUT2D eigenvalue weighted by atomic mass is 31.2. The summed E-state index contributed by atoms with van der Waals surface area (Å²) in [7, 11) is -2.24. The molecule has 0 saturated carbocycles. The van der Waals surface area contributed by atoms with Crippen LogP contribution in [0.3, 0.4) is 0 Å². The monoisotopic (exact) mass is 362 g/mol. The van der Waals surface area contributed by atoms with Crippen LogP contribution in [0, 0.1) is 0 Å². The van der Waals surface area contributed by atoms with Crippen LogP contribution in [0.2, 0.25) is 0 Å². The lowest BCUT2D eigenvalue weighted by atomic mass is 10.2. The van der Waals surface area contributed by atoms with Crippen molar-refractivity contribution in [1.82, 2.24) is 14.5 Å². The number of ether oxygens (including phenoxy) is 1. The maximum Gasteiger partial charge on any atom is 0.261 e. The number of anilines is 1. The smallest absolute Gasteiger partial charge is 0.261 e. The molecule has 1 saturated heterocycles. The topological polar surface area (TPSA) is 185 Å². The largest absolute Gasteiger partial charge is 0.387 e. The van der Waals surface area contributed by atoms with E-state index in [2.05, 4.69) is 19.5 Å². The lowest BCUT2D eigenvalue weighted by Gasteiger charge is -2.17. The van der Waals surface area contributed by atoms with Crippen molar-refractivity contribution in [3.05, 3.63) is 22.6 Å². The van der Waals surface area contributed by atoms with E-state index in [4.69, 9.17) is 20.5 Å². The number of aliphatic hydroxyl groups is 3. The molecule has 2 aromatic heterocycles. The number of nitrogen functional groups attached to an aromatic ring is 1. The van der Waals surface area contributed by atoms with E-state index >= 15 is 0 Å².